The second kappa shape index (κ2) is 6.07. The van der Waals surface area contributed by atoms with Crippen LogP contribution in [0.5, 0.6) is 0 Å². The summed E-state index contributed by atoms with van der Waals surface area (Å²) >= 11 is 0. The molecule has 0 fully saturated rings. The number of hydrogen-bond acceptors (Lipinski definition) is 2. The highest BCUT2D eigenvalue weighted by Gasteiger charge is 2.15. The van der Waals surface area contributed by atoms with Gasteiger partial charge >= 0.3 is 0 Å². The first kappa shape index (κ1) is 13.9. The summed E-state index contributed by atoms with van der Waals surface area (Å²) < 4.78 is 5.44. The van der Waals surface area contributed by atoms with Crippen LogP contribution >= 0.6 is 0 Å². The molecule has 0 saturated heterocycles. The minimum absolute atomic E-state index is 0.324. The molecule has 2 aromatic rings. The number of furan rings is 1. The number of rotatable bonds is 5. The van der Waals surface area contributed by atoms with Gasteiger partial charge in [-0.1, -0.05) is 36.2 Å². The van der Waals surface area contributed by atoms with E-state index in [-0.39, 0.29) is 0 Å². The molecule has 1 heterocycles. The molecule has 2 nitrogen and oxygen atoms in total. The van der Waals surface area contributed by atoms with E-state index in [1.165, 1.54) is 22.3 Å². The molecule has 2 heteroatoms. The topological polar surface area (TPSA) is 25.2 Å². The molecule has 1 unspecified atom stereocenters. The van der Waals surface area contributed by atoms with E-state index in [0.29, 0.717) is 6.04 Å². The molecule has 19 heavy (non-hydrogen) atoms. The predicted octanol–water partition coefficient (Wildman–Crippen LogP) is 4.10. The van der Waals surface area contributed by atoms with E-state index in [0.717, 1.165) is 18.7 Å². The van der Waals surface area contributed by atoms with Gasteiger partial charge in [0.1, 0.15) is 5.76 Å². The van der Waals surface area contributed by atoms with E-state index < -0.39 is 0 Å². The Morgan fingerprint density at radius 2 is 1.79 bits per heavy atom. The van der Waals surface area contributed by atoms with Crippen molar-refractivity contribution in [1.29, 1.82) is 0 Å². The summed E-state index contributed by atoms with van der Waals surface area (Å²) in [6.07, 6.45) is 2.77. The van der Waals surface area contributed by atoms with Gasteiger partial charge in [0.2, 0.25) is 0 Å². The zero-order chi connectivity index (χ0) is 13.8. The SMILES string of the molecule is CCNC(Cc1cc(C)cc(C)c1)c1ccoc1C. The molecule has 1 atom stereocenters. The van der Waals surface area contributed by atoms with Gasteiger partial charge in [-0.15, -0.1) is 0 Å². The van der Waals surface area contributed by atoms with Gasteiger partial charge in [-0.3, -0.25) is 0 Å². The molecule has 0 spiro atoms. The first-order valence-electron chi connectivity index (χ1n) is 6.94. The second-order valence-corrected chi connectivity index (χ2v) is 5.24. The summed E-state index contributed by atoms with van der Waals surface area (Å²) in [6, 6.07) is 9.16. The largest absolute Gasteiger partial charge is 0.469 e. The molecule has 2 rings (SSSR count). The van der Waals surface area contributed by atoms with Gasteiger partial charge in [0.05, 0.1) is 6.26 Å². The first-order valence-corrected chi connectivity index (χ1v) is 6.94. The van der Waals surface area contributed by atoms with E-state index in [4.69, 9.17) is 4.42 Å². The molecular formula is C17H23NO. The quantitative estimate of drug-likeness (QED) is 0.872. The van der Waals surface area contributed by atoms with Gasteiger partial charge < -0.3 is 9.73 Å². The maximum atomic E-state index is 5.44. The van der Waals surface area contributed by atoms with Gasteiger partial charge in [0.25, 0.3) is 0 Å². The Morgan fingerprint density at radius 1 is 1.11 bits per heavy atom. The third-order valence-electron chi connectivity index (χ3n) is 3.45. The monoisotopic (exact) mass is 257 g/mol. The van der Waals surface area contributed by atoms with Crippen LogP contribution in [0, 0.1) is 20.8 Å². The number of hydrogen-bond donors (Lipinski definition) is 1. The molecule has 0 aliphatic rings. The van der Waals surface area contributed by atoms with Crippen LogP contribution in [0.2, 0.25) is 0 Å². The van der Waals surface area contributed by atoms with Gasteiger partial charge in [-0.2, -0.15) is 0 Å². The lowest BCUT2D eigenvalue weighted by Gasteiger charge is -2.18. The Morgan fingerprint density at radius 3 is 2.32 bits per heavy atom. The van der Waals surface area contributed by atoms with Crippen LogP contribution in [-0.4, -0.2) is 6.54 Å². The smallest absolute Gasteiger partial charge is 0.105 e. The van der Waals surface area contributed by atoms with Crippen molar-refractivity contribution in [2.75, 3.05) is 6.54 Å². The maximum absolute atomic E-state index is 5.44. The van der Waals surface area contributed by atoms with Crippen molar-refractivity contribution in [3.63, 3.8) is 0 Å². The van der Waals surface area contributed by atoms with Crippen LogP contribution in [0.4, 0.5) is 0 Å². The zero-order valence-electron chi connectivity index (χ0n) is 12.3. The normalized spacial score (nSPS) is 12.6. The summed E-state index contributed by atoms with van der Waals surface area (Å²) in [6.45, 7) is 9.44. The van der Waals surface area contributed by atoms with Gasteiger partial charge in [0, 0.05) is 11.6 Å². The van der Waals surface area contributed by atoms with Crippen molar-refractivity contribution in [1.82, 2.24) is 5.32 Å². The van der Waals surface area contributed by atoms with Crippen LogP contribution in [0.15, 0.2) is 34.9 Å². The van der Waals surface area contributed by atoms with E-state index >= 15 is 0 Å². The van der Waals surface area contributed by atoms with Crippen LogP contribution in [-0.2, 0) is 6.42 Å². The molecule has 0 bridgehead atoms. The van der Waals surface area contributed by atoms with Gasteiger partial charge in [0.15, 0.2) is 0 Å². The molecule has 0 saturated carbocycles. The summed E-state index contributed by atoms with van der Waals surface area (Å²) in [5.74, 6) is 1.01. The molecule has 0 radical (unpaired) electrons. The standard InChI is InChI=1S/C17H23NO/c1-5-18-17(16-6-7-19-14(16)4)11-15-9-12(2)8-13(3)10-15/h6-10,17-18H,5,11H2,1-4H3. The highest BCUT2D eigenvalue weighted by atomic mass is 16.3. The van der Waals surface area contributed by atoms with Crippen molar-refractivity contribution in [3.05, 3.63) is 58.5 Å². The lowest BCUT2D eigenvalue weighted by molar-refractivity contribution is 0.501. The van der Waals surface area contributed by atoms with Crippen molar-refractivity contribution in [2.24, 2.45) is 0 Å². The molecule has 1 aromatic heterocycles. The fourth-order valence-corrected chi connectivity index (χ4v) is 2.72. The maximum Gasteiger partial charge on any atom is 0.105 e. The van der Waals surface area contributed by atoms with Crippen molar-refractivity contribution < 1.29 is 4.42 Å². The Kier molecular flexibility index (Phi) is 4.43. The molecule has 102 valence electrons. The Balaban J connectivity index is 2.23. The summed E-state index contributed by atoms with van der Waals surface area (Å²) in [4.78, 5) is 0. The predicted molar refractivity (Wildman–Crippen MR) is 79.5 cm³/mol. The molecule has 1 aromatic carbocycles. The molecule has 0 amide bonds. The second-order valence-electron chi connectivity index (χ2n) is 5.24. The van der Waals surface area contributed by atoms with Crippen molar-refractivity contribution in [3.8, 4) is 0 Å². The number of benzene rings is 1. The van der Waals surface area contributed by atoms with E-state index in [1.54, 1.807) is 6.26 Å². The van der Waals surface area contributed by atoms with Crippen molar-refractivity contribution >= 4 is 0 Å². The molecule has 0 aliphatic carbocycles. The van der Waals surface area contributed by atoms with Crippen LogP contribution in [0.3, 0.4) is 0 Å². The molecular weight excluding hydrogens is 234 g/mol. The molecule has 0 aliphatic heterocycles. The van der Waals surface area contributed by atoms with E-state index in [9.17, 15) is 0 Å². The minimum Gasteiger partial charge on any atom is -0.469 e. The van der Waals surface area contributed by atoms with E-state index in [1.807, 2.05) is 6.92 Å². The summed E-state index contributed by atoms with van der Waals surface area (Å²) in [5, 5.41) is 3.55. The average Bonchev–Trinajstić information content (AvgIpc) is 2.73. The average molecular weight is 257 g/mol. The van der Waals surface area contributed by atoms with E-state index in [2.05, 4.69) is 50.4 Å². The Labute approximate surface area is 115 Å². The third kappa shape index (κ3) is 3.48. The number of nitrogens with one attached hydrogen (secondary N) is 1. The summed E-state index contributed by atoms with van der Waals surface area (Å²) in [5.41, 5.74) is 5.30. The van der Waals surface area contributed by atoms with Gasteiger partial charge in [-0.05, 0) is 45.4 Å². The fraction of sp³-hybridized carbons (Fsp3) is 0.412. The zero-order valence-corrected chi connectivity index (χ0v) is 12.3. The third-order valence-corrected chi connectivity index (χ3v) is 3.45. The lowest BCUT2D eigenvalue weighted by Crippen LogP contribution is -2.23. The highest BCUT2D eigenvalue weighted by molar-refractivity contribution is 5.31. The van der Waals surface area contributed by atoms with Crippen LogP contribution < -0.4 is 5.32 Å². The van der Waals surface area contributed by atoms with Crippen LogP contribution in [0.1, 0.15) is 41.0 Å². The first-order chi connectivity index (χ1) is 9.10. The van der Waals surface area contributed by atoms with Crippen LogP contribution in [0.25, 0.3) is 0 Å². The Bertz CT molecular complexity index is 522. The van der Waals surface area contributed by atoms with Crippen molar-refractivity contribution in [2.45, 2.75) is 40.2 Å². The highest BCUT2D eigenvalue weighted by Crippen LogP contribution is 2.23. The number of aryl methyl sites for hydroxylation is 3. The van der Waals surface area contributed by atoms with Gasteiger partial charge in [-0.25, -0.2) is 0 Å². The number of likely N-dealkylation sites (N-methyl/N-ethyl adjacent to an activating group) is 1. The summed E-state index contributed by atoms with van der Waals surface area (Å²) in [7, 11) is 0. The minimum atomic E-state index is 0.324. The fourth-order valence-electron chi connectivity index (χ4n) is 2.72. The molecule has 1 N–H and O–H groups in total. The Hall–Kier alpha value is -1.54. The lowest BCUT2D eigenvalue weighted by atomic mass is 9.97.